The maximum absolute atomic E-state index is 5.60. The standard InChI is InChI=1S/C22H23N5O/c1-15(2)17-4-5-20(28-3)18(12-17)19-14-25-27-11-8-21(26-22(19)27)24-13-16-6-9-23-10-7-16/h4-12,14-15H,13H2,1-3H3,(H,24,26). The molecule has 0 fully saturated rings. The van der Waals surface area contributed by atoms with E-state index in [9.17, 15) is 0 Å². The van der Waals surface area contributed by atoms with Crippen LogP contribution in [0.15, 0.2) is 61.2 Å². The van der Waals surface area contributed by atoms with E-state index in [1.165, 1.54) is 5.56 Å². The summed E-state index contributed by atoms with van der Waals surface area (Å²) in [6.07, 6.45) is 7.34. The van der Waals surface area contributed by atoms with Crippen molar-refractivity contribution in [1.82, 2.24) is 19.6 Å². The van der Waals surface area contributed by atoms with Crippen LogP contribution in [0.3, 0.4) is 0 Å². The Morgan fingerprint density at radius 2 is 1.89 bits per heavy atom. The summed E-state index contributed by atoms with van der Waals surface area (Å²) in [5, 5.41) is 7.84. The highest BCUT2D eigenvalue weighted by molar-refractivity contribution is 5.82. The summed E-state index contributed by atoms with van der Waals surface area (Å²) in [5.41, 5.74) is 5.15. The van der Waals surface area contributed by atoms with Crippen molar-refractivity contribution in [2.24, 2.45) is 0 Å². The Balaban J connectivity index is 1.71. The normalized spacial score (nSPS) is 11.1. The highest BCUT2D eigenvalue weighted by Crippen LogP contribution is 2.35. The molecule has 3 heterocycles. The highest BCUT2D eigenvalue weighted by atomic mass is 16.5. The molecule has 0 saturated heterocycles. The number of nitrogens with zero attached hydrogens (tertiary/aromatic N) is 4. The first-order valence-corrected chi connectivity index (χ1v) is 9.31. The Morgan fingerprint density at radius 1 is 1.07 bits per heavy atom. The zero-order valence-electron chi connectivity index (χ0n) is 16.3. The number of anilines is 1. The molecule has 6 nitrogen and oxygen atoms in total. The van der Waals surface area contributed by atoms with Crippen molar-refractivity contribution in [1.29, 1.82) is 0 Å². The summed E-state index contributed by atoms with van der Waals surface area (Å²) in [6.45, 7) is 5.05. The molecule has 0 aliphatic rings. The van der Waals surface area contributed by atoms with Crippen molar-refractivity contribution in [2.75, 3.05) is 12.4 Å². The van der Waals surface area contributed by atoms with Gasteiger partial charge in [-0.25, -0.2) is 9.50 Å². The third-order valence-electron chi connectivity index (χ3n) is 4.77. The second-order valence-corrected chi connectivity index (χ2v) is 6.96. The van der Waals surface area contributed by atoms with Crippen LogP contribution in [-0.2, 0) is 6.54 Å². The van der Waals surface area contributed by atoms with Crippen LogP contribution in [-0.4, -0.2) is 26.7 Å². The third-order valence-corrected chi connectivity index (χ3v) is 4.77. The largest absolute Gasteiger partial charge is 0.496 e. The van der Waals surface area contributed by atoms with Crippen molar-refractivity contribution in [2.45, 2.75) is 26.3 Å². The highest BCUT2D eigenvalue weighted by Gasteiger charge is 2.15. The SMILES string of the molecule is COc1ccc(C(C)C)cc1-c1cnn2ccc(NCc3ccncc3)nc12. The molecule has 4 aromatic rings. The average molecular weight is 373 g/mol. The minimum atomic E-state index is 0.428. The predicted molar refractivity (Wildman–Crippen MR) is 111 cm³/mol. The van der Waals surface area contributed by atoms with Gasteiger partial charge in [-0.3, -0.25) is 4.98 Å². The lowest BCUT2D eigenvalue weighted by Crippen LogP contribution is -2.03. The van der Waals surface area contributed by atoms with Crippen molar-refractivity contribution >= 4 is 11.5 Å². The topological polar surface area (TPSA) is 64.3 Å². The molecule has 0 bridgehead atoms. The first kappa shape index (κ1) is 18.0. The molecule has 6 heteroatoms. The maximum atomic E-state index is 5.60. The van der Waals surface area contributed by atoms with E-state index in [0.717, 1.165) is 33.9 Å². The second-order valence-electron chi connectivity index (χ2n) is 6.96. The summed E-state index contributed by atoms with van der Waals surface area (Å²) in [4.78, 5) is 8.84. The van der Waals surface area contributed by atoms with Crippen molar-refractivity contribution < 1.29 is 4.74 Å². The van der Waals surface area contributed by atoms with Gasteiger partial charge in [0, 0.05) is 30.7 Å². The van der Waals surface area contributed by atoms with Crippen LogP contribution in [0.1, 0.15) is 30.9 Å². The Hall–Kier alpha value is -3.41. The summed E-state index contributed by atoms with van der Waals surface area (Å²) >= 11 is 0. The zero-order valence-corrected chi connectivity index (χ0v) is 16.3. The van der Waals surface area contributed by atoms with Crippen LogP contribution >= 0.6 is 0 Å². The van der Waals surface area contributed by atoms with Gasteiger partial charge in [0.2, 0.25) is 0 Å². The van der Waals surface area contributed by atoms with Gasteiger partial charge in [0.1, 0.15) is 11.6 Å². The molecule has 142 valence electrons. The number of benzene rings is 1. The van der Waals surface area contributed by atoms with Gasteiger partial charge in [0.05, 0.1) is 18.9 Å². The molecule has 3 aromatic heterocycles. The van der Waals surface area contributed by atoms with E-state index in [1.807, 2.05) is 36.7 Å². The van der Waals surface area contributed by atoms with Crippen LogP contribution < -0.4 is 10.1 Å². The van der Waals surface area contributed by atoms with E-state index in [-0.39, 0.29) is 0 Å². The molecule has 0 saturated carbocycles. The third kappa shape index (κ3) is 3.53. The Morgan fingerprint density at radius 3 is 2.64 bits per heavy atom. The summed E-state index contributed by atoms with van der Waals surface area (Å²) in [5.74, 6) is 2.04. The first-order chi connectivity index (χ1) is 13.7. The van der Waals surface area contributed by atoms with Gasteiger partial charge >= 0.3 is 0 Å². The monoisotopic (exact) mass is 373 g/mol. The van der Waals surface area contributed by atoms with Gasteiger partial charge in [-0.05, 0) is 47.4 Å². The lowest BCUT2D eigenvalue weighted by Gasteiger charge is -2.12. The Bertz CT molecular complexity index is 1090. The number of rotatable bonds is 6. The molecule has 0 amide bonds. The van der Waals surface area contributed by atoms with Crippen LogP contribution in [0.5, 0.6) is 5.75 Å². The number of pyridine rings is 1. The molecule has 1 N–H and O–H groups in total. The van der Waals surface area contributed by atoms with Gasteiger partial charge in [0.15, 0.2) is 5.65 Å². The summed E-state index contributed by atoms with van der Waals surface area (Å²) < 4.78 is 7.39. The number of aromatic nitrogens is 4. The van der Waals surface area contributed by atoms with E-state index in [1.54, 1.807) is 24.0 Å². The van der Waals surface area contributed by atoms with E-state index in [4.69, 9.17) is 9.72 Å². The first-order valence-electron chi connectivity index (χ1n) is 9.31. The molecular weight excluding hydrogens is 350 g/mol. The quantitative estimate of drug-likeness (QED) is 0.538. The average Bonchev–Trinajstić information content (AvgIpc) is 3.15. The van der Waals surface area contributed by atoms with Gasteiger partial charge < -0.3 is 10.1 Å². The summed E-state index contributed by atoms with van der Waals surface area (Å²) in [7, 11) is 1.69. The lowest BCUT2D eigenvalue weighted by molar-refractivity contribution is 0.416. The van der Waals surface area contributed by atoms with Crippen LogP contribution in [0.2, 0.25) is 0 Å². The fourth-order valence-corrected chi connectivity index (χ4v) is 3.15. The van der Waals surface area contributed by atoms with Gasteiger partial charge in [-0.15, -0.1) is 0 Å². The molecule has 28 heavy (non-hydrogen) atoms. The van der Waals surface area contributed by atoms with E-state index >= 15 is 0 Å². The number of methoxy groups -OCH3 is 1. The van der Waals surface area contributed by atoms with Crippen LogP contribution in [0.4, 0.5) is 5.82 Å². The van der Waals surface area contributed by atoms with Crippen LogP contribution in [0, 0.1) is 0 Å². The smallest absolute Gasteiger partial charge is 0.165 e. The molecular formula is C22H23N5O. The van der Waals surface area contributed by atoms with Crippen molar-refractivity contribution in [3.8, 4) is 16.9 Å². The maximum Gasteiger partial charge on any atom is 0.165 e. The lowest BCUT2D eigenvalue weighted by atomic mass is 9.97. The van der Waals surface area contributed by atoms with Crippen molar-refractivity contribution in [3.05, 3.63) is 72.3 Å². The number of hydrogen-bond acceptors (Lipinski definition) is 5. The zero-order chi connectivity index (χ0) is 19.5. The second kappa shape index (κ2) is 7.68. The molecule has 1 aromatic carbocycles. The Labute approximate surface area is 164 Å². The Kier molecular flexibility index (Phi) is 4.93. The number of hydrogen-bond donors (Lipinski definition) is 1. The minimum Gasteiger partial charge on any atom is -0.496 e. The molecule has 4 rings (SSSR count). The number of nitrogens with one attached hydrogen (secondary N) is 1. The molecule has 0 aliphatic carbocycles. The molecule has 0 unspecified atom stereocenters. The fourth-order valence-electron chi connectivity index (χ4n) is 3.15. The number of fused-ring (bicyclic) bond motifs is 1. The predicted octanol–water partition coefficient (Wildman–Crippen LogP) is 4.54. The van der Waals surface area contributed by atoms with E-state index in [0.29, 0.717) is 12.5 Å². The molecule has 0 atom stereocenters. The minimum absolute atomic E-state index is 0.428. The molecule has 0 radical (unpaired) electrons. The number of ether oxygens (including phenoxy) is 1. The van der Waals surface area contributed by atoms with Gasteiger partial charge in [-0.2, -0.15) is 5.10 Å². The van der Waals surface area contributed by atoms with E-state index < -0.39 is 0 Å². The molecule has 0 spiro atoms. The fraction of sp³-hybridized carbons (Fsp3) is 0.227. The summed E-state index contributed by atoms with van der Waals surface area (Å²) in [6, 6.07) is 12.2. The van der Waals surface area contributed by atoms with Crippen LogP contribution in [0.25, 0.3) is 16.8 Å². The van der Waals surface area contributed by atoms with E-state index in [2.05, 4.69) is 41.4 Å². The molecule has 0 aliphatic heterocycles. The van der Waals surface area contributed by atoms with Gasteiger partial charge in [0.25, 0.3) is 0 Å². The van der Waals surface area contributed by atoms with Gasteiger partial charge in [-0.1, -0.05) is 19.9 Å². The van der Waals surface area contributed by atoms with Crippen molar-refractivity contribution in [3.63, 3.8) is 0 Å².